The molecule has 0 saturated heterocycles. The molecule has 0 aliphatic heterocycles. The molecule has 1 heterocycles. The van der Waals surface area contributed by atoms with E-state index in [1.54, 1.807) is 19.4 Å². The third-order valence-corrected chi connectivity index (χ3v) is 2.65. The largest absolute Gasteiger partial charge is 0.481 e. The Balaban J connectivity index is 1.94. The van der Waals surface area contributed by atoms with Crippen LogP contribution in [0.3, 0.4) is 0 Å². The minimum Gasteiger partial charge on any atom is -0.481 e. The number of ether oxygens (including phenoxy) is 1. The zero-order valence-electron chi connectivity index (χ0n) is 10.3. The molecule has 2 aromatic rings. The maximum absolute atomic E-state index is 11.9. The van der Waals surface area contributed by atoms with Crippen LogP contribution in [0.1, 0.15) is 11.1 Å². The van der Waals surface area contributed by atoms with Gasteiger partial charge in [0.15, 0.2) is 0 Å². The molecule has 3 heteroatoms. The minimum atomic E-state index is 0.188. The molecule has 3 nitrogen and oxygen atoms in total. The summed E-state index contributed by atoms with van der Waals surface area (Å²) in [5, 5.41) is 0. The fourth-order valence-corrected chi connectivity index (χ4v) is 1.75. The lowest BCUT2D eigenvalue weighted by atomic mass is 10.0. The number of methoxy groups -OCH3 is 1. The second-order valence-electron chi connectivity index (χ2n) is 4.09. The first-order valence-electron chi connectivity index (χ1n) is 5.82. The Morgan fingerprint density at radius 2 is 1.78 bits per heavy atom. The monoisotopic (exact) mass is 241 g/mol. The molecule has 0 aliphatic carbocycles. The van der Waals surface area contributed by atoms with Gasteiger partial charge in [-0.2, -0.15) is 0 Å². The molecule has 0 radical (unpaired) electrons. The molecule has 0 N–H and O–H groups in total. The Bertz CT molecular complexity index is 506. The average molecular weight is 241 g/mol. The van der Waals surface area contributed by atoms with E-state index in [1.165, 1.54) is 0 Å². The van der Waals surface area contributed by atoms with Crippen LogP contribution in [-0.2, 0) is 17.6 Å². The van der Waals surface area contributed by atoms with E-state index in [9.17, 15) is 4.79 Å². The molecule has 0 fully saturated rings. The van der Waals surface area contributed by atoms with Crippen LogP contribution in [0.4, 0.5) is 0 Å². The number of rotatable bonds is 5. The summed E-state index contributed by atoms with van der Waals surface area (Å²) >= 11 is 0. The van der Waals surface area contributed by atoms with Crippen molar-refractivity contribution >= 4 is 5.78 Å². The van der Waals surface area contributed by atoms with Gasteiger partial charge in [0.1, 0.15) is 5.78 Å². The predicted molar refractivity (Wildman–Crippen MR) is 69.6 cm³/mol. The van der Waals surface area contributed by atoms with Gasteiger partial charge in [0.25, 0.3) is 0 Å². The number of Topliss-reactive ketones (excluding diaryl/α,β-unsaturated/α-hetero) is 1. The van der Waals surface area contributed by atoms with Crippen molar-refractivity contribution in [3.63, 3.8) is 0 Å². The molecule has 0 atom stereocenters. The lowest BCUT2D eigenvalue weighted by Gasteiger charge is -2.03. The number of aromatic nitrogens is 1. The standard InChI is InChI=1S/C15H15NO2/c1-18-15-8-7-13(11-16-15)10-14(17)9-12-5-3-2-4-6-12/h2-8,11H,9-10H2,1H3. The third-order valence-electron chi connectivity index (χ3n) is 2.65. The van der Waals surface area contributed by atoms with Crippen LogP contribution in [0.15, 0.2) is 48.7 Å². The smallest absolute Gasteiger partial charge is 0.212 e. The van der Waals surface area contributed by atoms with Crippen molar-refractivity contribution in [2.24, 2.45) is 0 Å². The molecule has 92 valence electrons. The first-order chi connectivity index (χ1) is 8.78. The van der Waals surface area contributed by atoms with E-state index in [2.05, 4.69) is 4.98 Å². The van der Waals surface area contributed by atoms with Crippen LogP contribution < -0.4 is 4.74 Å². The predicted octanol–water partition coefficient (Wildman–Crippen LogP) is 2.44. The molecular formula is C15H15NO2. The number of hydrogen-bond donors (Lipinski definition) is 0. The molecule has 2 rings (SSSR count). The van der Waals surface area contributed by atoms with Gasteiger partial charge in [-0.25, -0.2) is 4.98 Å². The lowest BCUT2D eigenvalue weighted by molar-refractivity contribution is -0.117. The van der Waals surface area contributed by atoms with Crippen LogP contribution in [0.25, 0.3) is 0 Å². The Morgan fingerprint density at radius 3 is 2.39 bits per heavy atom. The number of hydrogen-bond acceptors (Lipinski definition) is 3. The molecule has 0 unspecified atom stereocenters. The third kappa shape index (κ3) is 3.42. The van der Waals surface area contributed by atoms with Crippen molar-refractivity contribution < 1.29 is 9.53 Å². The summed E-state index contributed by atoms with van der Waals surface area (Å²) in [5.74, 6) is 0.752. The first-order valence-corrected chi connectivity index (χ1v) is 5.82. The van der Waals surface area contributed by atoms with E-state index in [4.69, 9.17) is 4.74 Å². The Kier molecular flexibility index (Phi) is 4.07. The molecule has 1 aromatic carbocycles. The molecule has 1 aromatic heterocycles. The summed E-state index contributed by atoms with van der Waals surface area (Å²) in [6.45, 7) is 0. The Morgan fingerprint density at radius 1 is 1.06 bits per heavy atom. The Labute approximate surface area is 106 Å². The van der Waals surface area contributed by atoms with Crippen LogP contribution in [-0.4, -0.2) is 17.9 Å². The van der Waals surface area contributed by atoms with Gasteiger partial charge in [-0.05, 0) is 11.1 Å². The molecular weight excluding hydrogens is 226 g/mol. The summed E-state index contributed by atoms with van der Waals surface area (Å²) in [7, 11) is 1.57. The van der Waals surface area contributed by atoms with Crippen molar-refractivity contribution in [2.45, 2.75) is 12.8 Å². The van der Waals surface area contributed by atoms with Gasteiger partial charge in [-0.3, -0.25) is 4.79 Å². The fraction of sp³-hybridized carbons (Fsp3) is 0.200. The molecule has 0 saturated carbocycles. The molecule has 0 aliphatic rings. The molecule has 0 spiro atoms. The van der Waals surface area contributed by atoms with Gasteiger partial charge >= 0.3 is 0 Å². The number of benzene rings is 1. The summed E-state index contributed by atoms with van der Waals surface area (Å²) in [5.41, 5.74) is 1.96. The normalized spacial score (nSPS) is 10.1. The van der Waals surface area contributed by atoms with Gasteiger partial charge in [0.05, 0.1) is 7.11 Å². The Hall–Kier alpha value is -2.16. The first kappa shape index (κ1) is 12.3. The summed E-state index contributed by atoms with van der Waals surface area (Å²) in [6.07, 6.45) is 2.56. The number of pyridine rings is 1. The fourth-order valence-electron chi connectivity index (χ4n) is 1.75. The topological polar surface area (TPSA) is 39.2 Å². The lowest BCUT2D eigenvalue weighted by Crippen LogP contribution is -2.06. The molecule has 0 amide bonds. The highest BCUT2D eigenvalue weighted by Gasteiger charge is 2.05. The van der Waals surface area contributed by atoms with Crippen LogP contribution in [0.5, 0.6) is 5.88 Å². The van der Waals surface area contributed by atoms with Gasteiger partial charge in [-0.15, -0.1) is 0 Å². The second-order valence-corrected chi connectivity index (χ2v) is 4.09. The maximum atomic E-state index is 11.9. The summed E-state index contributed by atoms with van der Waals surface area (Å²) < 4.78 is 4.97. The quantitative estimate of drug-likeness (QED) is 0.807. The average Bonchev–Trinajstić information content (AvgIpc) is 2.40. The molecule has 18 heavy (non-hydrogen) atoms. The number of carbonyl (C=O) groups excluding carboxylic acids is 1. The molecule has 0 bridgehead atoms. The summed E-state index contributed by atoms with van der Waals surface area (Å²) in [6, 6.07) is 13.4. The maximum Gasteiger partial charge on any atom is 0.212 e. The highest BCUT2D eigenvalue weighted by molar-refractivity contribution is 5.83. The highest BCUT2D eigenvalue weighted by atomic mass is 16.5. The van der Waals surface area contributed by atoms with Crippen molar-refractivity contribution in [1.82, 2.24) is 4.98 Å². The van der Waals surface area contributed by atoms with E-state index in [0.717, 1.165) is 11.1 Å². The van der Waals surface area contributed by atoms with E-state index in [-0.39, 0.29) is 5.78 Å². The SMILES string of the molecule is COc1ccc(CC(=O)Cc2ccccc2)cn1. The van der Waals surface area contributed by atoms with Crippen LogP contribution >= 0.6 is 0 Å². The van der Waals surface area contributed by atoms with Gasteiger partial charge in [0, 0.05) is 25.1 Å². The van der Waals surface area contributed by atoms with Crippen molar-refractivity contribution in [2.75, 3.05) is 7.11 Å². The minimum absolute atomic E-state index is 0.188. The van der Waals surface area contributed by atoms with Gasteiger partial charge < -0.3 is 4.74 Å². The van der Waals surface area contributed by atoms with Gasteiger partial charge in [-0.1, -0.05) is 36.4 Å². The van der Waals surface area contributed by atoms with E-state index in [0.29, 0.717) is 18.7 Å². The van der Waals surface area contributed by atoms with Crippen molar-refractivity contribution in [1.29, 1.82) is 0 Å². The van der Waals surface area contributed by atoms with Gasteiger partial charge in [0.2, 0.25) is 5.88 Å². The van der Waals surface area contributed by atoms with Crippen molar-refractivity contribution in [3.8, 4) is 5.88 Å². The highest BCUT2D eigenvalue weighted by Crippen LogP contribution is 2.09. The van der Waals surface area contributed by atoms with Crippen LogP contribution in [0.2, 0.25) is 0 Å². The van der Waals surface area contributed by atoms with E-state index in [1.807, 2.05) is 36.4 Å². The van der Waals surface area contributed by atoms with Crippen LogP contribution in [0, 0.1) is 0 Å². The van der Waals surface area contributed by atoms with E-state index < -0.39 is 0 Å². The number of nitrogens with zero attached hydrogens (tertiary/aromatic N) is 1. The number of carbonyl (C=O) groups is 1. The summed E-state index contributed by atoms with van der Waals surface area (Å²) in [4.78, 5) is 16.0. The zero-order valence-corrected chi connectivity index (χ0v) is 10.3. The number of ketones is 1. The van der Waals surface area contributed by atoms with Crippen molar-refractivity contribution in [3.05, 3.63) is 59.8 Å². The second kappa shape index (κ2) is 5.96. The van der Waals surface area contributed by atoms with E-state index >= 15 is 0 Å². The zero-order chi connectivity index (χ0) is 12.8.